The number of hydrogen-bond acceptors (Lipinski definition) is 3. The van der Waals surface area contributed by atoms with Crippen LogP contribution in [0.15, 0.2) is 48.5 Å². The molecule has 0 radical (unpaired) electrons. The van der Waals surface area contributed by atoms with Crippen molar-refractivity contribution in [3.05, 3.63) is 69.8 Å². The lowest BCUT2D eigenvalue weighted by Gasteiger charge is -2.03. The van der Waals surface area contributed by atoms with Gasteiger partial charge in [0.1, 0.15) is 5.82 Å². The Hall–Kier alpha value is -2.24. The Balaban J connectivity index is 1.85. The molecule has 23 heavy (non-hydrogen) atoms. The van der Waals surface area contributed by atoms with Gasteiger partial charge in [-0.05, 0) is 43.3 Å². The molecule has 0 bridgehead atoms. The van der Waals surface area contributed by atoms with Gasteiger partial charge in [0, 0.05) is 10.4 Å². The third kappa shape index (κ3) is 3.41. The Bertz CT molecular complexity index is 861. The van der Waals surface area contributed by atoms with Crippen LogP contribution in [0.4, 0.5) is 9.52 Å². The lowest BCUT2D eigenvalue weighted by Crippen LogP contribution is -2.12. The van der Waals surface area contributed by atoms with Crippen LogP contribution in [0.5, 0.6) is 0 Å². The predicted molar refractivity (Wildman–Crippen MR) is 91.7 cm³/mol. The van der Waals surface area contributed by atoms with Crippen molar-refractivity contribution < 1.29 is 9.18 Å². The summed E-state index contributed by atoms with van der Waals surface area (Å²) in [5, 5.41) is 3.62. The minimum absolute atomic E-state index is 0.297. The van der Waals surface area contributed by atoms with E-state index in [4.69, 9.17) is 11.6 Å². The molecule has 1 amide bonds. The van der Waals surface area contributed by atoms with Gasteiger partial charge < -0.3 is 0 Å². The lowest BCUT2D eigenvalue weighted by atomic mass is 10.1. The van der Waals surface area contributed by atoms with E-state index < -0.39 is 0 Å². The highest BCUT2D eigenvalue weighted by atomic mass is 35.5. The summed E-state index contributed by atoms with van der Waals surface area (Å²) in [4.78, 5) is 17.6. The molecule has 6 heteroatoms. The van der Waals surface area contributed by atoms with Crippen molar-refractivity contribution in [3.63, 3.8) is 0 Å². The zero-order valence-corrected chi connectivity index (χ0v) is 13.7. The molecule has 3 nitrogen and oxygen atoms in total. The van der Waals surface area contributed by atoms with Crippen LogP contribution in [0.25, 0.3) is 11.3 Å². The number of benzene rings is 2. The van der Waals surface area contributed by atoms with E-state index in [9.17, 15) is 9.18 Å². The Labute approximate surface area is 141 Å². The molecule has 2 aromatic carbocycles. The highest BCUT2D eigenvalue weighted by Crippen LogP contribution is 2.31. The average Bonchev–Trinajstić information content (AvgIpc) is 2.89. The molecule has 0 saturated heterocycles. The van der Waals surface area contributed by atoms with E-state index in [1.165, 1.54) is 23.5 Å². The van der Waals surface area contributed by atoms with Crippen LogP contribution in [0, 0.1) is 12.7 Å². The fourth-order valence-electron chi connectivity index (χ4n) is 2.14. The molecule has 1 N–H and O–H groups in total. The van der Waals surface area contributed by atoms with Gasteiger partial charge in [0.2, 0.25) is 0 Å². The fourth-order valence-corrected chi connectivity index (χ4v) is 3.19. The van der Waals surface area contributed by atoms with Gasteiger partial charge in [0.05, 0.1) is 16.3 Å². The molecule has 1 aromatic heterocycles. The third-order valence-electron chi connectivity index (χ3n) is 3.25. The van der Waals surface area contributed by atoms with E-state index in [-0.39, 0.29) is 11.7 Å². The predicted octanol–water partition coefficient (Wildman–Crippen LogP) is 5.16. The monoisotopic (exact) mass is 346 g/mol. The van der Waals surface area contributed by atoms with E-state index in [1.807, 2.05) is 6.92 Å². The third-order valence-corrected chi connectivity index (χ3v) is 4.47. The zero-order valence-electron chi connectivity index (χ0n) is 12.1. The van der Waals surface area contributed by atoms with Crippen molar-refractivity contribution in [2.75, 3.05) is 5.32 Å². The number of hydrogen-bond donors (Lipinski definition) is 1. The first-order valence-corrected chi connectivity index (χ1v) is 8.03. The van der Waals surface area contributed by atoms with Crippen molar-refractivity contribution in [2.45, 2.75) is 6.92 Å². The molecule has 0 fully saturated rings. The Morgan fingerprint density at radius 2 is 1.87 bits per heavy atom. The summed E-state index contributed by atoms with van der Waals surface area (Å²) >= 11 is 7.38. The van der Waals surface area contributed by atoms with Gasteiger partial charge in [-0.2, -0.15) is 0 Å². The van der Waals surface area contributed by atoms with Gasteiger partial charge in [0.25, 0.3) is 5.91 Å². The van der Waals surface area contributed by atoms with Gasteiger partial charge in [-0.3, -0.25) is 10.1 Å². The molecule has 3 rings (SSSR count). The van der Waals surface area contributed by atoms with Crippen LogP contribution in [0.3, 0.4) is 0 Å². The van der Waals surface area contributed by atoms with Crippen molar-refractivity contribution in [1.82, 2.24) is 4.98 Å². The zero-order chi connectivity index (χ0) is 16.4. The van der Waals surface area contributed by atoms with E-state index >= 15 is 0 Å². The van der Waals surface area contributed by atoms with Gasteiger partial charge in [0.15, 0.2) is 5.13 Å². The molecule has 116 valence electrons. The Morgan fingerprint density at radius 1 is 1.17 bits per heavy atom. The fraction of sp³-hybridized carbons (Fsp3) is 0.0588. The van der Waals surface area contributed by atoms with Crippen LogP contribution in [-0.2, 0) is 0 Å². The number of amides is 1. The SMILES string of the molecule is Cc1sc(NC(=O)c2ccccc2Cl)nc1-c1ccc(F)cc1. The number of halogens is 2. The van der Waals surface area contributed by atoms with E-state index in [0.717, 1.165) is 16.1 Å². The summed E-state index contributed by atoms with van der Waals surface area (Å²) in [5.41, 5.74) is 1.92. The van der Waals surface area contributed by atoms with Crippen LogP contribution in [0.2, 0.25) is 5.02 Å². The molecular formula is C17H12ClFN2OS. The number of thiazole rings is 1. The van der Waals surface area contributed by atoms with E-state index in [2.05, 4.69) is 10.3 Å². The second kappa shape index (κ2) is 6.48. The first-order chi connectivity index (χ1) is 11.0. The average molecular weight is 347 g/mol. The number of anilines is 1. The summed E-state index contributed by atoms with van der Waals surface area (Å²) in [7, 11) is 0. The summed E-state index contributed by atoms with van der Waals surface area (Å²) in [6.45, 7) is 1.90. The molecule has 0 aliphatic heterocycles. The molecule has 0 atom stereocenters. The topological polar surface area (TPSA) is 42.0 Å². The number of aromatic nitrogens is 1. The minimum Gasteiger partial charge on any atom is -0.298 e. The maximum Gasteiger partial charge on any atom is 0.258 e. The maximum atomic E-state index is 13.0. The molecule has 0 spiro atoms. The van der Waals surface area contributed by atoms with Crippen molar-refractivity contribution in [1.29, 1.82) is 0 Å². The smallest absolute Gasteiger partial charge is 0.258 e. The van der Waals surface area contributed by atoms with E-state index in [1.54, 1.807) is 36.4 Å². The highest BCUT2D eigenvalue weighted by Gasteiger charge is 2.14. The number of carbonyl (C=O) groups is 1. The molecule has 0 saturated carbocycles. The van der Waals surface area contributed by atoms with Crippen LogP contribution >= 0.6 is 22.9 Å². The van der Waals surface area contributed by atoms with E-state index in [0.29, 0.717) is 15.7 Å². The second-order valence-electron chi connectivity index (χ2n) is 4.86. The number of nitrogens with one attached hydrogen (secondary N) is 1. The molecule has 0 aliphatic rings. The molecule has 1 heterocycles. The second-order valence-corrected chi connectivity index (χ2v) is 6.48. The minimum atomic E-state index is -0.310. The first-order valence-electron chi connectivity index (χ1n) is 6.84. The molecule has 0 unspecified atom stereocenters. The van der Waals surface area contributed by atoms with Crippen molar-refractivity contribution >= 4 is 34.0 Å². The Morgan fingerprint density at radius 3 is 2.57 bits per heavy atom. The largest absolute Gasteiger partial charge is 0.298 e. The number of aryl methyl sites for hydroxylation is 1. The van der Waals surface area contributed by atoms with Gasteiger partial charge in [-0.15, -0.1) is 11.3 Å². The summed E-state index contributed by atoms with van der Waals surface area (Å²) in [6.07, 6.45) is 0. The molecular weight excluding hydrogens is 335 g/mol. The number of carbonyl (C=O) groups excluding carboxylic acids is 1. The molecule has 3 aromatic rings. The summed E-state index contributed by atoms with van der Waals surface area (Å²) < 4.78 is 13.0. The number of rotatable bonds is 3. The lowest BCUT2D eigenvalue weighted by molar-refractivity contribution is 0.102. The quantitative estimate of drug-likeness (QED) is 0.711. The van der Waals surface area contributed by atoms with Crippen LogP contribution in [0.1, 0.15) is 15.2 Å². The van der Waals surface area contributed by atoms with Crippen LogP contribution < -0.4 is 5.32 Å². The summed E-state index contributed by atoms with van der Waals surface area (Å²) in [5.74, 6) is -0.608. The summed E-state index contributed by atoms with van der Waals surface area (Å²) in [6, 6.07) is 12.9. The molecule has 0 aliphatic carbocycles. The highest BCUT2D eigenvalue weighted by molar-refractivity contribution is 7.16. The maximum absolute atomic E-state index is 13.0. The van der Waals surface area contributed by atoms with Crippen molar-refractivity contribution in [3.8, 4) is 11.3 Å². The number of nitrogens with zero attached hydrogens (tertiary/aromatic N) is 1. The first kappa shape index (κ1) is 15.6. The van der Waals surface area contributed by atoms with Gasteiger partial charge >= 0.3 is 0 Å². The Kier molecular flexibility index (Phi) is 4.41. The van der Waals surface area contributed by atoms with Gasteiger partial charge in [-0.25, -0.2) is 9.37 Å². The van der Waals surface area contributed by atoms with Gasteiger partial charge in [-0.1, -0.05) is 23.7 Å². The van der Waals surface area contributed by atoms with Crippen LogP contribution in [-0.4, -0.2) is 10.9 Å². The van der Waals surface area contributed by atoms with Crippen molar-refractivity contribution in [2.24, 2.45) is 0 Å². The normalized spacial score (nSPS) is 10.6. The standard InChI is InChI=1S/C17H12ClFN2OS/c1-10-15(11-6-8-12(19)9-7-11)20-17(23-10)21-16(22)13-4-2-3-5-14(13)18/h2-9H,1H3,(H,20,21,22).